The molecule has 0 atom stereocenters. The van der Waals surface area contributed by atoms with Crippen molar-refractivity contribution in [2.45, 2.75) is 26.3 Å². The molecule has 7 nitrogen and oxygen atoms in total. The smallest absolute Gasteiger partial charge is 0.256 e. The van der Waals surface area contributed by atoms with Crippen LogP contribution in [-0.4, -0.2) is 37.7 Å². The maximum Gasteiger partial charge on any atom is 0.256 e. The predicted molar refractivity (Wildman–Crippen MR) is 96.6 cm³/mol. The third-order valence-corrected chi connectivity index (χ3v) is 4.90. The molecule has 0 fully saturated rings. The number of aryl methyl sites for hydroxylation is 1. The molecule has 0 saturated carbocycles. The molecule has 0 aliphatic carbocycles. The van der Waals surface area contributed by atoms with E-state index in [1.165, 1.54) is 0 Å². The summed E-state index contributed by atoms with van der Waals surface area (Å²) in [5.41, 5.74) is 2.76. The molecule has 134 valence electrons. The van der Waals surface area contributed by atoms with Crippen LogP contribution in [0.4, 0.5) is 0 Å². The van der Waals surface area contributed by atoms with Crippen molar-refractivity contribution in [3.63, 3.8) is 0 Å². The van der Waals surface area contributed by atoms with Crippen LogP contribution >= 0.6 is 0 Å². The number of fused-ring (bicyclic) bond motifs is 1. The first-order valence-corrected chi connectivity index (χ1v) is 8.77. The highest BCUT2D eigenvalue weighted by atomic mass is 16.5. The van der Waals surface area contributed by atoms with Crippen molar-refractivity contribution in [1.29, 1.82) is 0 Å². The normalized spacial score (nSPS) is 14.8. The summed E-state index contributed by atoms with van der Waals surface area (Å²) < 4.78 is 7.04. The quantitative estimate of drug-likeness (QED) is 0.715. The third-order valence-electron chi connectivity index (χ3n) is 4.90. The fourth-order valence-electron chi connectivity index (χ4n) is 3.29. The van der Waals surface area contributed by atoms with Crippen LogP contribution in [0.3, 0.4) is 0 Å². The molecule has 4 rings (SSSR count). The molecular formula is C19H21N5O2. The van der Waals surface area contributed by atoms with Gasteiger partial charge >= 0.3 is 0 Å². The van der Waals surface area contributed by atoms with Crippen molar-refractivity contribution in [2.24, 2.45) is 7.05 Å². The summed E-state index contributed by atoms with van der Waals surface area (Å²) in [6.07, 6.45) is 1.45. The second kappa shape index (κ2) is 6.84. The fourth-order valence-corrected chi connectivity index (χ4v) is 3.29. The first-order chi connectivity index (χ1) is 12.6. The summed E-state index contributed by atoms with van der Waals surface area (Å²) in [6, 6.07) is 9.78. The SMILES string of the molecule is Cc1nc2c(c(=O)n1C)CCN(Cc1nc(-c3ccccc3)no1)CC2. The van der Waals surface area contributed by atoms with E-state index in [9.17, 15) is 4.79 Å². The van der Waals surface area contributed by atoms with E-state index in [1.807, 2.05) is 37.3 Å². The second-order valence-electron chi connectivity index (χ2n) is 6.60. The molecule has 1 aromatic carbocycles. The van der Waals surface area contributed by atoms with E-state index in [4.69, 9.17) is 4.52 Å². The monoisotopic (exact) mass is 351 g/mol. The molecule has 0 unspecified atom stereocenters. The van der Waals surface area contributed by atoms with Gasteiger partial charge in [0.05, 0.1) is 12.2 Å². The number of aromatic nitrogens is 4. The zero-order valence-corrected chi connectivity index (χ0v) is 15.0. The van der Waals surface area contributed by atoms with Gasteiger partial charge in [0.25, 0.3) is 5.56 Å². The van der Waals surface area contributed by atoms with E-state index in [1.54, 1.807) is 11.6 Å². The summed E-state index contributed by atoms with van der Waals surface area (Å²) in [7, 11) is 1.77. The number of nitrogens with zero attached hydrogens (tertiary/aromatic N) is 5. The van der Waals surface area contributed by atoms with Crippen LogP contribution in [0.15, 0.2) is 39.6 Å². The Hall–Kier alpha value is -2.80. The lowest BCUT2D eigenvalue weighted by molar-refractivity contribution is 0.235. The Labute approximate surface area is 151 Å². The number of benzene rings is 1. The topological polar surface area (TPSA) is 77.1 Å². The predicted octanol–water partition coefficient (Wildman–Crippen LogP) is 1.74. The highest BCUT2D eigenvalue weighted by Gasteiger charge is 2.21. The summed E-state index contributed by atoms with van der Waals surface area (Å²) in [5.74, 6) is 1.95. The maximum absolute atomic E-state index is 12.5. The zero-order valence-electron chi connectivity index (χ0n) is 15.0. The van der Waals surface area contributed by atoms with Gasteiger partial charge in [-0.2, -0.15) is 4.98 Å². The average molecular weight is 351 g/mol. The van der Waals surface area contributed by atoms with Crippen molar-refractivity contribution < 1.29 is 4.52 Å². The van der Waals surface area contributed by atoms with Crippen LogP contribution in [0, 0.1) is 6.92 Å². The van der Waals surface area contributed by atoms with Gasteiger partial charge in [-0.15, -0.1) is 0 Å². The highest BCUT2D eigenvalue weighted by molar-refractivity contribution is 5.53. The minimum absolute atomic E-state index is 0.0681. The highest BCUT2D eigenvalue weighted by Crippen LogP contribution is 2.17. The molecule has 1 aliphatic heterocycles. The molecule has 3 heterocycles. The number of hydrogen-bond donors (Lipinski definition) is 0. The Bertz CT molecular complexity index is 977. The maximum atomic E-state index is 12.5. The molecule has 1 aliphatic rings. The lowest BCUT2D eigenvalue weighted by Gasteiger charge is -2.16. The van der Waals surface area contributed by atoms with Crippen LogP contribution in [0.5, 0.6) is 0 Å². The largest absolute Gasteiger partial charge is 0.338 e. The Morgan fingerprint density at radius 3 is 2.69 bits per heavy atom. The van der Waals surface area contributed by atoms with Gasteiger partial charge in [-0.1, -0.05) is 35.5 Å². The number of hydrogen-bond acceptors (Lipinski definition) is 6. The molecule has 2 aromatic heterocycles. The van der Waals surface area contributed by atoms with E-state index in [0.29, 0.717) is 24.7 Å². The Kier molecular flexibility index (Phi) is 4.38. The number of rotatable bonds is 3. The van der Waals surface area contributed by atoms with Crippen LogP contribution in [0.2, 0.25) is 0 Å². The standard InChI is InChI=1S/C19H21N5O2/c1-13-20-16-9-11-24(10-8-15(16)19(25)23(13)2)12-17-21-18(22-26-17)14-6-4-3-5-7-14/h3-7H,8-12H2,1-2H3. The van der Waals surface area contributed by atoms with E-state index in [0.717, 1.165) is 42.2 Å². The second-order valence-corrected chi connectivity index (χ2v) is 6.60. The fraction of sp³-hybridized carbons (Fsp3) is 0.368. The zero-order chi connectivity index (χ0) is 18.1. The van der Waals surface area contributed by atoms with Crippen molar-refractivity contribution in [3.05, 3.63) is 63.7 Å². The minimum Gasteiger partial charge on any atom is -0.338 e. The Morgan fingerprint density at radius 1 is 1.12 bits per heavy atom. The van der Waals surface area contributed by atoms with E-state index >= 15 is 0 Å². The van der Waals surface area contributed by atoms with Crippen LogP contribution in [0.25, 0.3) is 11.4 Å². The van der Waals surface area contributed by atoms with Crippen LogP contribution < -0.4 is 5.56 Å². The van der Waals surface area contributed by atoms with Crippen LogP contribution in [0.1, 0.15) is 23.0 Å². The van der Waals surface area contributed by atoms with Crippen molar-refractivity contribution in [2.75, 3.05) is 13.1 Å². The van der Waals surface area contributed by atoms with Gasteiger partial charge in [-0.3, -0.25) is 14.3 Å². The van der Waals surface area contributed by atoms with E-state index in [2.05, 4.69) is 20.0 Å². The first-order valence-electron chi connectivity index (χ1n) is 8.77. The van der Waals surface area contributed by atoms with Gasteiger partial charge in [0.15, 0.2) is 0 Å². The van der Waals surface area contributed by atoms with E-state index in [-0.39, 0.29) is 5.56 Å². The molecule has 26 heavy (non-hydrogen) atoms. The van der Waals surface area contributed by atoms with Gasteiger partial charge in [0, 0.05) is 37.7 Å². The molecular weight excluding hydrogens is 330 g/mol. The van der Waals surface area contributed by atoms with Gasteiger partial charge in [-0.05, 0) is 13.3 Å². The summed E-state index contributed by atoms with van der Waals surface area (Å²) in [5, 5.41) is 4.07. The molecule has 3 aromatic rings. The lowest BCUT2D eigenvalue weighted by atomic mass is 10.1. The van der Waals surface area contributed by atoms with Crippen molar-refractivity contribution >= 4 is 0 Å². The Balaban J connectivity index is 1.49. The van der Waals surface area contributed by atoms with E-state index < -0.39 is 0 Å². The molecule has 0 N–H and O–H groups in total. The van der Waals surface area contributed by atoms with Gasteiger partial charge in [0.1, 0.15) is 5.82 Å². The molecule has 0 amide bonds. The van der Waals surface area contributed by atoms with Gasteiger partial charge < -0.3 is 4.52 Å². The lowest BCUT2D eigenvalue weighted by Crippen LogP contribution is -2.28. The summed E-state index contributed by atoms with van der Waals surface area (Å²) in [6.45, 7) is 4.03. The third kappa shape index (κ3) is 3.17. The summed E-state index contributed by atoms with van der Waals surface area (Å²) >= 11 is 0. The van der Waals surface area contributed by atoms with Crippen LogP contribution in [-0.2, 0) is 26.4 Å². The molecule has 0 radical (unpaired) electrons. The first kappa shape index (κ1) is 16.7. The summed E-state index contributed by atoms with van der Waals surface area (Å²) in [4.78, 5) is 23.8. The van der Waals surface area contributed by atoms with Gasteiger partial charge in [-0.25, -0.2) is 4.98 Å². The molecule has 0 spiro atoms. The van der Waals surface area contributed by atoms with Crippen molar-refractivity contribution in [3.8, 4) is 11.4 Å². The molecule has 0 saturated heterocycles. The van der Waals surface area contributed by atoms with Gasteiger partial charge in [0.2, 0.25) is 11.7 Å². The minimum atomic E-state index is 0.0681. The Morgan fingerprint density at radius 2 is 1.88 bits per heavy atom. The molecule has 0 bridgehead atoms. The van der Waals surface area contributed by atoms with Crippen molar-refractivity contribution in [1.82, 2.24) is 24.6 Å². The molecule has 7 heteroatoms. The average Bonchev–Trinajstić information content (AvgIpc) is 3.03.